The number of benzene rings is 1. The molecule has 1 amide bonds. The molecule has 2 N–H and O–H groups in total. The van der Waals surface area contributed by atoms with Gasteiger partial charge < -0.3 is 10.6 Å². The smallest absolute Gasteiger partial charge is 0.251 e. The van der Waals surface area contributed by atoms with Gasteiger partial charge in [0, 0.05) is 23.1 Å². The SMILES string of the molecule is CCNCCNC(=O)c1ccc(Br)cc1C.Cl. The second-order valence-electron chi connectivity index (χ2n) is 3.57. The van der Waals surface area contributed by atoms with Crippen molar-refractivity contribution in [3.8, 4) is 0 Å². The Morgan fingerprint density at radius 3 is 2.65 bits per heavy atom. The number of amides is 1. The zero-order valence-electron chi connectivity index (χ0n) is 10.0. The molecule has 17 heavy (non-hydrogen) atoms. The van der Waals surface area contributed by atoms with E-state index in [2.05, 4.69) is 26.6 Å². The van der Waals surface area contributed by atoms with Crippen LogP contribution in [0.25, 0.3) is 0 Å². The van der Waals surface area contributed by atoms with Crippen LogP contribution in [0.3, 0.4) is 0 Å². The lowest BCUT2D eigenvalue weighted by Gasteiger charge is -2.08. The second-order valence-corrected chi connectivity index (χ2v) is 4.48. The Labute approximate surface area is 117 Å². The van der Waals surface area contributed by atoms with Crippen molar-refractivity contribution < 1.29 is 4.79 Å². The van der Waals surface area contributed by atoms with Gasteiger partial charge in [0.15, 0.2) is 0 Å². The molecule has 0 saturated carbocycles. The predicted octanol–water partition coefficient (Wildman–Crippen LogP) is 2.52. The highest BCUT2D eigenvalue weighted by atomic mass is 79.9. The van der Waals surface area contributed by atoms with E-state index >= 15 is 0 Å². The summed E-state index contributed by atoms with van der Waals surface area (Å²) in [5.41, 5.74) is 1.72. The fourth-order valence-electron chi connectivity index (χ4n) is 1.42. The maximum Gasteiger partial charge on any atom is 0.251 e. The average molecular weight is 322 g/mol. The Morgan fingerprint density at radius 1 is 1.35 bits per heavy atom. The van der Waals surface area contributed by atoms with E-state index in [1.54, 1.807) is 0 Å². The van der Waals surface area contributed by atoms with Crippen molar-refractivity contribution in [2.45, 2.75) is 13.8 Å². The minimum Gasteiger partial charge on any atom is -0.351 e. The van der Waals surface area contributed by atoms with Crippen molar-refractivity contribution >= 4 is 34.2 Å². The third-order valence-corrected chi connectivity index (χ3v) is 2.76. The highest BCUT2D eigenvalue weighted by Crippen LogP contribution is 2.15. The number of aryl methyl sites for hydroxylation is 1. The molecule has 0 aromatic heterocycles. The molecule has 1 aromatic rings. The van der Waals surface area contributed by atoms with Crippen LogP contribution in [0.1, 0.15) is 22.8 Å². The number of carbonyl (C=O) groups excluding carboxylic acids is 1. The summed E-state index contributed by atoms with van der Waals surface area (Å²) in [6.45, 7) is 6.36. The normalized spacial score (nSPS) is 9.59. The maximum absolute atomic E-state index is 11.8. The molecular formula is C12H18BrClN2O. The van der Waals surface area contributed by atoms with Crippen LogP contribution in [0.15, 0.2) is 22.7 Å². The molecule has 0 unspecified atom stereocenters. The van der Waals surface area contributed by atoms with E-state index in [-0.39, 0.29) is 18.3 Å². The van der Waals surface area contributed by atoms with Crippen LogP contribution in [-0.2, 0) is 0 Å². The lowest BCUT2D eigenvalue weighted by molar-refractivity contribution is 0.0953. The van der Waals surface area contributed by atoms with Gasteiger partial charge in [0.05, 0.1) is 0 Å². The number of likely N-dealkylation sites (N-methyl/N-ethyl adjacent to an activating group) is 1. The first-order valence-electron chi connectivity index (χ1n) is 5.40. The van der Waals surface area contributed by atoms with E-state index in [9.17, 15) is 4.79 Å². The fraction of sp³-hybridized carbons (Fsp3) is 0.417. The highest BCUT2D eigenvalue weighted by molar-refractivity contribution is 9.10. The summed E-state index contributed by atoms with van der Waals surface area (Å²) < 4.78 is 0.995. The number of carbonyl (C=O) groups is 1. The molecule has 3 nitrogen and oxygen atoms in total. The Hall–Kier alpha value is -0.580. The van der Waals surface area contributed by atoms with E-state index in [0.29, 0.717) is 6.54 Å². The number of rotatable bonds is 5. The van der Waals surface area contributed by atoms with Gasteiger partial charge in [-0.2, -0.15) is 0 Å². The number of halogens is 2. The molecule has 0 heterocycles. The highest BCUT2D eigenvalue weighted by Gasteiger charge is 2.07. The zero-order chi connectivity index (χ0) is 12.0. The van der Waals surface area contributed by atoms with Gasteiger partial charge in [-0.05, 0) is 37.2 Å². The lowest BCUT2D eigenvalue weighted by Crippen LogP contribution is -2.32. The van der Waals surface area contributed by atoms with Gasteiger partial charge in [-0.3, -0.25) is 4.79 Å². The molecule has 0 aliphatic rings. The zero-order valence-corrected chi connectivity index (χ0v) is 12.5. The van der Waals surface area contributed by atoms with Gasteiger partial charge in [0.2, 0.25) is 0 Å². The summed E-state index contributed by atoms with van der Waals surface area (Å²) in [6.07, 6.45) is 0. The molecule has 0 fully saturated rings. The standard InChI is InChI=1S/C12H17BrN2O.ClH/c1-3-14-6-7-15-12(16)11-5-4-10(13)8-9(11)2;/h4-5,8,14H,3,6-7H2,1-2H3,(H,15,16);1H. The van der Waals surface area contributed by atoms with Gasteiger partial charge in [0.1, 0.15) is 0 Å². The van der Waals surface area contributed by atoms with Gasteiger partial charge in [0.25, 0.3) is 5.91 Å². The summed E-state index contributed by atoms with van der Waals surface area (Å²) >= 11 is 3.38. The van der Waals surface area contributed by atoms with Crippen molar-refractivity contribution in [2.75, 3.05) is 19.6 Å². The first kappa shape index (κ1) is 16.4. The molecule has 0 spiro atoms. The van der Waals surface area contributed by atoms with E-state index in [1.165, 1.54) is 0 Å². The minimum absolute atomic E-state index is 0. The van der Waals surface area contributed by atoms with Gasteiger partial charge in [-0.1, -0.05) is 22.9 Å². The summed E-state index contributed by atoms with van der Waals surface area (Å²) in [7, 11) is 0. The van der Waals surface area contributed by atoms with Gasteiger partial charge in [-0.25, -0.2) is 0 Å². The molecule has 0 aliphatic carbocycles. The predicted molar refractivity (Wildman–Crippen MR) is 77.0 cm³/mol. The third kappa shape index (κ3) is 5.52. The summed E-state index contributed by atoms with van der Waals surface area (Å²) in [5.74, 6) is -0.0112. The number of nitrogens with one attached hydrogen (secondary N) is 2. The third-order valence-electron chi connectivity index (χ3n) is 2.27. The largest absolute Gasteiger partial charge is 0.351 e. The Balaban J connectivity index is 0.00000256. The van der Waals surface area contributed by atoms with Crippen molar-refractivity contribution in [2.24, 2.45) is 0 Å². The molecule has 96 valence electrons. The quantitative estimate of drug-likeness (QED) is 0.818. The van der Waals surface area contributed by atoms with Crippen LogP contribution in [0, 0.1) is 6.92 Å². The second kappa shape index (κ2) is 8.50. The summed E-state index contributed by atoms with van der Waals surface area (Å²) in [5, 5.41) is 6.03. The first-order valence-corrected chi connectivity index (χ1v) is 6.19. The monoisotopic (exact) mass is 320 g/mol. The minimum atomic E-state index is -0.0112. The van der Waals surface area contributed by atoms with Gasteiger partial charge >= 0.3 is 0 Å². The first-order chi connectivity index (χ1) is 7.65. The topological polar surface area (TPSA) is 41.1 Å². The van der Waals surface area contributed by atoms with Crippen molar-refractivity contribution in [3.63, 3.8) is 0 Å². The number of hydrogen-bond acceptors (Lipinski definition) is 2. The molecule has 1 rings (SSSR count). The Morgan fingerprint density at radius 2 is 2.06 bits per heavy atom. The lowest BCUT2D eigenvalue weighted by atomic mass is 10.1. The molecule has 0 saturated heterocycles. The average Bonchev–Trinajstić information content (AvgIpc) is 2.24. The van der Waals surface area contributed by atoms with Crippen molar-refractivity contribution in [1.29, 1.82) is 0 Å². The van der Waals surface area contributed by atoms with Crippen LogP contribution in [0.2, 0.25) is 0 Å². The van der Waals surface area contributed by atoms with Crippen LogP contribution < -0.4 is 10.6 Å². The van der Waals surface area contributed by atoms with E-state index in [1.807, 2.05) is 32.0 Å². The maximum atomic E-state index is 11.8. The summed E-state index contributed by atoms with van der Waals surface area (Å²) in [4.78, 5) is 11.8. The molecule has 5 heteroatoms. The molecule has 0 bridgehead atoms. The van der Waals surface area contributed by atoms with E-state index < -0.39 is 0 Å². The fourth-order valence-corrected chi connectivity index (χ4v) is 1.89. The van der Waals surface area contributed by atoms with E-state index in [4.69, 9.17) is 0 Å². The molecule has 0 atom stereocenters. The summed E-state index contributed by atoms with van der Waals surface area (Å²) in [6, 6.07) is 5.66. The van der Waals surface area contributed by atoms with Crippen LogP contribution in [0.5, 0.6) is 0 Å². The Kier molecular flexibility index (Phi) is 8.21. The number of hydrogen-bond donors (Lipinski definition) is 2. The molecule has 1 aromatic carbocycles. The van der Waals surface area contributed by atoms with Crippen molar-refractivity contribution in [1.82, 2.24) is 10.6 Å². The molecule has 0 aliphatic heterocycles. The van der Waals surface area contributed by atoms with Crippen molar-refractivity contribution in [3.05, 3.63) is 33.8 Å². The van der Waals surface area contributed by atoms with Crippen LogP contribution in [0.4, 0.5) is 0 Å². The molecule has 0 radical (unpaired) electrons. The van der Waals surface area contributed by atoms with Gasteiger partial charge in [-0.15, -0.1) is 12.4 Å². The van der Waals surface area contributed by atoms with Crippen LogP contribution >= 0.6 is 28.3 Å². The Bertz CT molecular complexity index is 372. The van der Waals surface area contributed by atoms with Crippen LogP contribution in [-0.4, -0.2) is 25.5 Å². The van der Waals surface area contributed by atoms with E-state index in [0.717, 1.165) is 28.7 Å². The molecular weight excluding hydrogens is 304 g/mol.